The van der Waals surface area contributed by atoms with Crippen LogP contribution in [0.5, 0.6) is 5.75 Å². The second kappa shape index (κ2) is 10.8. The van der Waals surface area contributed by atoms with Crippen molar-refractivity contribution in [3.8, 4) is 11.8 Å². The highest BCUT2D eigenvalue weighted by atomic mass is 35.5. The highest BCUT2D eigenvalue weighted by molar-refractivity contribution is 6.30. The van der Waals surface area contributed by atoms with Crippen LogP contribution in [-0.4, -0.2) is 15.3 Å². The lowest BCUT2D eigenvalue weighted by molar-refractivity contribution is 0.0938. The van der Waals surface area contributed by atoms with Crippen molar-refractivity contribution in [1.82, 2.24) is 14.7 Å². The Kier molecular flexibility index (Phi) is 7.51. The number of rotatable bonds is 8. The third-order valence-corrected chi connectivity index (χ3v) is 5.89. The number of nitriles is 1. The second-order valence-electron chi connectivity index (χ2n) is 8.31. The van der Waals surface area contributed by atoms with Crippen molar-refractivity contribution < 1.29 is 18.3 Å². The summed E-state index contributed by atoms with van der Waals surface area (Å²) in [5.41, 5.74) is 2.27. The van der Waals surface area contributed by atoms with E-state index in [1.165, 1.54) is 6.07 Å². The van der Waals surface area contributed by atoms with Crippen LogP contribution in [0.3, 0.4) is 0 Å². The molecule has 0 aliphatic heterocycles. The molecule has 0 bridgehead atoms. The largest absolute Gasteiger partial charge is 0.485 e. The molecule has 1 N–H and O–H groups in total. The van der Waals surface area contributed by atoms with Gasteiger partial charge < -0.3 is 10.1 Å². The SMILES string of the molecule is CCCc1nc2c(OCc3c(F)cccc3F)cc(C)cn2c1C(=O)NC(C#N)c1ccc(Cl)cc1. The molecule has 1 amide bonds. The first-order valence-corrected chi connectivity index (χ1v) is 11.7. The van der Waals surface area contributed by atoms with E-state index in [9.17, 15) is 18.8 Å². The molecule has 0 saturated carbocycles. The Labute approximate surface area is 212 Å². The highest BCUT2D eigenvalue weighted by Crippen LogP contribution is 2.27. The molecule has 0 fully saturated rings. The molecule has 0 aliphatic rings. The van der Waals surface area contributed by atoms with Gasteiger partial charge in [-0.05, 0) is 54.8 Å². The van der Waals surface area contributed by atoms with E-state index in [-0.39, 0.29) is 23.6 Å². The van der Waals surface area contributed by atoms with E-state index in [1.54, 1.807) is 40.9 Å². The molecule has 2 heterocycles. The van der Waals surface area contributed by atoms with Gasteiger partial charge in [0.05, 0.1) is 17.3 Å². The highest BCUT2D eigenvalue weighted by Gasteiger charge is 2.24. The van der Waals surface area contributed by atoms with E-state index in [0.29, 0.717) is 28.3 Å². The van der Waals surface area contributed by atoms with Crippen LogP contribution in [0.15, 0.2) is 54.7 Å². The predicted molar refractivity (Wildman–Crippen MR) is 132 cm³/mol. The fourth-order valence-electron chi connectivity index (χ4n) is 3.91. The van der Waals surface area contributed by atoms with E-state index in [0.717, 1.165) is 24.1 Å². The lowest BCUT2D eigenvalue weighted by atomic mass is 10.1. The van der Waals surface area contributed by atoms with Crippen molar-refractivity contribution >= 4 is 23.2 Å². The van der Waals surface area contributed by atoms with E-state index >= 15 is 0 Å². The molecule has 0 saturated heterocycles. The summed E-state index contributed by atoms with van der Waals surface area (Å²) >= 11 is 5.94. The minimum atomic E-state index is -0.903. The Bertz CT molecular complexity index is 1440. The molecule has 1 unspecified atom stereocenters. The Balaban J connectivity index is 1.71. The molecule has 36 heavy (non-hydrogen) atoms. The number of aryl methyl sites for hydroxylation is 2. The first kappa shape index (κ1) is 25.1. The zero-order valence-electron chi connectivity index (χ0n) is 19.7. The van der Waals surface area contributed by atoms with Crippen LogP contribution < -0.4 is 10.1 Å². The van der Waals surface area contributed by atoms with Gasteiger partial charge in [0.15, 0.2) is 11.4 Å². The van der Waals surface area contributed by atoms with Crippen LogP contribution in [0.2, 0.25) is 5.02 Å². The van der Waals surface area contributed by atoms with Gasteiger partial charge in [-0.1, -0.05) is 43.1 Å². The maximum Gasteiger partial charge on any atom is 0.271 e. The third-order valence-electron chi connectivity index (χ3n) is 5.64. The number of carbonyl (C=O) groups is 1. The van der Waals surface area contributed by atoms with Gasteiger partial charge in [0, 0.05) is 11.2 Å². The predicted octanol–water partition coefficient (Wildman–Crippen LogP) is 6.10. The summed E-state index contributed by atoms with van der Waals surface area (Å²) < 4.78 is 35.6. The Morgan fingerprint density at radius 1 is 1.22 bits per heavy atom. The van der Waals surface area contributed by atoms with Gasteiger partial charge in [0.1, 0.15) is 30.0 Å². The molecule has 0 aliphatic carbocycles. The topological polar surface area (TPSA) is 79.4 Å². The number of nitrogens with zero attached hydrogens (tertiary/aromatic N) is 3. The van der Waals surface area contributed by atoms with Gasteiger partial charge in [0.2, 0.25) is 0 Å². The van der Waals surface area contributed by atoms with Crippen LogP contribution >= 0.6 is 11.6 Å². The standard InChI is InChI=1S/C27H23ClF2N4O2/c1-3-5-22-25(27(35)33-23(13-31)17-8-10-18(28)11-9-17)34-14-16(2)12-24(26(34)32-22)36-15-19-20(29)6-4-7-21(19)30/h4,6-12,14,23H,3,5,15H2,1-2H3,(H,33,35). The second-order valence-corrected chi connectivity index (χ2v) is 8.74. The summed E-state index contributed by atoms with van der Waals surface area (Å²) in [5.74, 6) is -1.62. The van der Waals surface area contributed by atoms with Crippen molar-refractivity contribution in [2.75, 3.05) is 0 Å². The first-order chi connectivity index (χ1) is 17.3. The molecule has 184 valence electrons. The maximum absolute atomic E-state index is 14.1. The molecule has 0 radical (unpaired) electrons. The normalized spacial score (nSPS) is 11.8. The summed E-state index contributed by atoms with van der Waals surface area (Å²) in [6.07, 6.45) is 2.96. The molecule has 6 nitrogen and oxygen atoms in total. The van der Waals surface area contributed by atoms with Crippen LogP contribution in [0, 0.1) is 29.9 Å². The average Bonchev–Trinajstić information content (AvgIpc) is 3.21. The lowest BCUT2D eigenvalue weighted by Gasteiger charge is -2.14. The molecule has 2 aromatic carbocycles. The number of nitrogens with one attached hydrogen (secondary N) is 1. The number of hydrogen-bond acceptors (Lipinski definition) is 4. The Morgan fingerprint density at radius 3 is 2.56 bits per heavy atom. The minimum absolute atomic E-state index is 0.199. The molecule has 2 aromatic heterocycles. The number of imidazole rings is 1. The molecular formula is C27H23ClF2N4O2. The lowest BCUT2D eigenvalue weighted by Crippen LogP contribution is -2.29. The van der Waals surface area contributed by atoms with Crippen LogP contribution in [-0.2, 0) is 13.0 Å². The van der Waals surface area contributed by atoms with Gasteiger partial charge in [0.25, 0.3) is 5.91 Å². The number of ether oxygens (including phenoxy) is 1. The van der Waals surface area contributed by atoms with Crippen LogP contribution in [0.4, 0.5) is 8.78 Å². The number of benzene rings is 2. The Hall–Kier alpha value is -3.96. The molecule has 4 rings (SSSR count). The van der Waals surface area contributed by atoms with E-state index < -0.39 is 23.6 Å². The summed E-state index contributed by atoms with van der Waals surface area (Å²) in [5, 5.41) is 13.0. The number of amides is 1. The summed E-state index contributed by atoms with van der Waals surface area (Å²) in [6, 6.07) is 13.2. The smallest absolute Gasteiger partial charge is 0.271 e. The monoisotopic (exact) mass is 508 g/mol. The van der Waals surface area contributed by atoms with Crippen molar-refractivity contribution in [2.24, 2.45) is 0 Å². The number of fused-ring (bicyclic) bond motifs is 1. The van der Waals surface area contributed by atoms with Crippen LogP contribution in [0.25, 0.3) is 5.65 Å². The van der Waals surface area contributed by atoms with Crippen LogP contribution in [0.1, 0.15) is 52.3 Å². The van der Waals surface area contributed by atoms with Crippen molar-refractivity contribution in [1.29, 1.82) is 5.26 Å². The maximum atomic E-state index is 14.1. The number of pyridine rings is 1. The van der Waals surface area contributed by atoms with Gasteiger partial charge in [-0.3, -0.25) is 9.20 Å². The number of halogens is 3. The van der Waals surface area contributed by atoms with Crippen molar-refractivity contribution in [3.63, 3.8) is 0 Å². The van der Waals surface area contributed by atoms with Gasteiger partial charge in [-0.2, -0.15) is 5.26 Å². The number of carbonyl (C=O) groups excluding carboxylic acids is 1. The molecular weight excluding hydrogens is 486 g/mol. The molecule has 0 spiro atoms. The first-order valence-electron chi connectivity index (χ1n) is 11.4. The molecule has 9 heteroatoms. The number of aromatic nitrogens is 2. The van der Waals surface area contributed by atoms with E-state index in [4.69, 9.17) is 16.3 Å². The van der Waals surface area contributed by atoms with E-state index in [1.807, 2.05) is 13.8 Å². The molecule has 1 atom stereocenters. The molecule has 4 aromatic rings. The minimum Gasteiger partial charge on any atom is -0.485 e. The zero-order valence-corrected chi connectivity index (χ0v) is 20.4. The summed E-state index contributed by atoms with van der Waals surface area (Å²) in [6.45, 7) is 3.42. The summed E-state index contributed by atoms with van der Waals surface area (Å²) in [7, 11) is 0. The van der Waals surface area contributed by atoms with Gasteiger partial charge in [-0.15, -0.1) is 0 Å². The summed E-state index contributed by atoms with van der Waals surface area (Å²) in [4.78, 5) is 18.1. The Morgan fingerprint density at radius 2 is 1.92 bits per heavy atom. The fourth-order valence-corrected chi connectivity index (χ4v) is 4.04. The average molecular weight is 509 g/mol. The quantitative estimate of drug-likeness (QED) is 0.312. The van der Waals surface area contributed by atoms with Crippen molar-refractivity contribution in [3.05, 3.63) is 99.5 Å². The fraction of sp³-hybridized carbons (Fsp3) is 0.222. The van der Waals surface area contributed by atoms with Crippen molar-refractivity contribution in [2.45, 2.75) is 39.3 Å². The number of hydrogen-bond donors (Lipinski definition) is 1. The van der Waals surface area contributed by atoms with Gasteiger partial charge >= 0.3 is 0 Å². The van der Waals surface area contributed by atoms with Gasteiger partial charge in [-0.25, -0.2) is 13.8 Å². The zero-order chi connectivity index (χ0) is 25.8. The van der Waals surface area contributed by atoms with E-state index in [2.05, 4.69) is 16.4 Å². The third kappa shape index (κ3) is 5.16.